The van der Waals surface area contributed by atoms with E-state index in [1.807, 2.05) is 6.07 Å². The van der Waals surface area contributed by atoms with Gasteiger partial charge in [-0.2, -0.15) is 8.42 Å². The van der Waals surface area contributed by atoms with Gasteiger partial charge in [0.15, 0.2) is 0 Å². The standard InChI is InChI=1S/C24H19N5O5S.Na/c1-34-19-8-3-2-7-17(19)28-29-22-20(35(31,32)33)12-16-15(23(22)30)9-10-18-21(16)27-24(26-18)13-5-4-6-14(25)11-13;/h2-12,30H,25H2,1H3,(H,26,27)(H,31,32,33);/q;+1/p-1. The molecule has 0 unspecified atom stereocenters. The number of benzene rings is 4. The Balaban J connectivity index is 0.00000304. The molecule has 0 radical (unpaired) electrons. The van der Waals surface area contributed by atoms with Crippen LogP contribution in [0.25, 0.3) is 33.2 Å². The van der Waals surface area contributed by atoms with Crippen molar-refractivity contribution in [1.29, 1.82) is 0 Å². The van der Waals surface area contributed by atoms with Crippen LogP contribution < -0.4 is 45.1 Å². The van der Waals surface area contributed by atoms with Crippen LogP contribution in [0.4, 0.5) is 17.1 Å². The molecule has 4 aromatic carbocycles. The number of methoxy groups -OCH3 is 1. The zero-order valence-electron chi connectivity index (χ0n) is 19.3. The van der Waals surface area contributed by atoms with Crippen LogP contribution in [0, 0.1) is 0 Å². The Bertz CT molecular complexity index is 1750. The minimum Gasteiger partial charge on any atom is -0.871 e. The van der Waals surface area contributed by atoms with E-state index < -0.39 is 26.5 Å². The van der Waals surface area contributed by atoms with Gasteiger partial charge in [0.05, 0.1) is 23.8 Å². The van der Waals surface area contributed by atoms with Crippen LogP contribution in [0.5, 0.6) is 11.5 Å². The third-order valence-electron chi connectivity index (χ3n) is 5.44. The third kappa shape index (κ3) is 4.66. The summed E-state index contributed by atoms with van der Waals surface area (Å²) in [5.41, 5.74) is 7.83. The quantitative estimate of drug-likeness (QED) is 0.140. The number of aromatic nitrogens is 2. The monoisotopic (exact) mass is 511 g/mol. The van der Waals surface area contributed by atoms with Gasteiger partial charge < -0.3 is 20.6 Å². The van der Waals surface area contributed by atoms with E-state index in [9.17, 15) is 18.1 Å². The Morgan fingerprint density at radius 1 is 1.03 bits per heavy atom. The van der Waals surface area contributed by atoms with E-state index in [2.05, 4.69) is 20.2 Å². The van der Waals surface area contributed by atoms with Crippen LogP contribution in [0.2, 0.25) is 0 Å². The van der Waals surface area contributed by atoms with Gasteiger partial charge in [0.1, 0.15) is 22.2 Å². The zero-order valence-corrected chi connectivity index (χ0v) is 22.1. The van der Waals surface area contributed by atoms with Crippen LogP contribution in [-0.4, -0.2) is 30.0 Å². The first kappa shape index (κ1) is 25.6. The van der Waals surface area contributed by atoms with E-state index in [-0.39, 0.29) is 46.0 Å². The Kier molecular flexibility index (Phi) is 7.03. The van der Waals surface area contributed by atoms with Crippen molar-refractivity contribution in [2.24, 2.45) is 10.2 Å². The van der Waals surface area contributed by atoms with E-state index in [1.165, 1.54) is 19.2 Å². The Morgan fingerprint density at radius 3 is 2.53 bits per heavy atom. The molecule has 0 fully saturated rings. The first-order chi connectivity index (χ1) is 16.8. The average Bonchev–Trinajstić information content (AvgIpc) is 3.28. The Labute approximate surface area is 227 Å². The van der Waals surface area contributed by atoms with Crippen molar-refractivity contribution in [1.82, 2.24) is 9.97 Å². The number of nitrogens with zero attached hydrogens (tertiary/aromatic N) is 3. The van der Waals surface area contributed by atoms with E-state index in [0.717, 1.165) is 0 Å². The van der Waals surface area contributed by atoms with Crippen molar-refractivity contribution >= 4 is 49.0 Å². The molecule has 0 spiro atoms. The van der Waals surface area contributed by atoms with Crippen molar-refractivity contribution in [2.75, 3.05) is 12.8 Å². The molecule has 0 aliphatic heterocycles. The van der Waals surface area contributed by atoms with Crippen molar-refractivity contribution in [2.45, 2.75) is 4.90 Å². The first-order valence-corrected chi connectivity index (χ1v) is 11.7. The number of nitrogens with two attached hydrogens (primary N) is 1. The molecule has 0 aliphatic rings. The predicted molar refractivity (Wildman–Crippen MR) is 130 cm³/mol. The molecule has 4 N–H and O–H groups in total. The van der Waals surface area contributed by atoms with Gasteiger partial charge >= 0.3 is 29.6 Å². The van der Waals surface area contributed by atoms with Crippen molar-refractivity contribution in [3.63, 3.8) is 0 Å². The van der Waals surface area contributed by atoms with Crippen molar-refractivity contribution in [3.8, 4) is 22.9 Å². The molecule has 5 rings (SSSR count). The number of imidazole rings is 1. The number of hydrogen-bond acceptors (Lipinski definition) is 8. The molecule has 176 valence electrons. The fraction of sp³-hybridized carbons (Fsp3) is 0.0417. The van der Waals surface area contributed by atoms with Crippen LogP contribution in [-0.2, 0) is 10.1 Å². The largest absolute Gasteiger partial charge is 1.00 e. The van der Waals surface area contributed by atoms with Crippen LogP contribution in [0.3, 0.4) is 0 Å². The van der Waals surface area contributed by atoms with Gasteiger partial charge in [0, 0.05) is 16.6 Å². The summed E-state index contributed by atoms with van der Waals surface area (Å²) in [6.45, 7) is 0. The molecule has 0 saturated carbocycles. The normalized spacial score (nSPS) is 11.7. The molecule has 5 aromatic rings. The van der Waals surface area contributed by atoms with E-state index >= 15 is 0 Å². The Hall–Kier alpha value is -3.48. The van der Waals surface area contributed by atoms with Crippen LogP contribution in [0.15, 0.2) is 81.9 Å². The van der Waals surface area contributed by atoms with Gasteiger partial charge in [-0.05, 0) is 41.8 Å². The molecule has 12 heteroatoms. The topological polar surface area (TPSA) is 166 Å². The maximum absolute atomic E-state index is 13.3. The fourth-order valence-electron chi connectivity index (χ4n) is 3.81. The average molecular weight is 511 g/mol. The van der Waals surface area contributed by atoms with Gasteiger partial charge in [-0.25, -0.2) is 4.98 Å². The molecular formula is C24H18N5NaO5S. The van der Waals surface area contributed by atoms with Gasteiger partial charge in [-0.3, -0.25) is 4.55 Å². The maximum Gasteiger partial charge on any atom is 1.00 e. The molecular weight excluding hydrogens is 493 g/mol. The molecule has 0 amide bonds. The summed E-state index contributed by atoms with van der Waals surface area (Å²) < 4.78 is 39.6. The molecule has 0 aliphatic carbocycles. The molecule has 1 heterocycles. The van der Waals surface area contributed by atoms with Gasteiger partial charge in [0.2, 0.25) is 0 Å². The summed E-state index contributed by atoms with van der Waals surface area (Å²) in [6.07, 6.45) is 0. The van der Waals surface area contributed by atoms with Crippen LogP contribution >= 0.6 is 0 Å². The molecule has 10 nitrogen and oxygen atoms in total. The van der Waals surface area contributed by atoms with Gasteiger partial charge in [-0.15, -0.1) is 10.2 Å². The van der Waals surface area contributed by atoms with Crippen molar-refractivity contribution in [3.05, 3.63) is 66.7 Å². The number of hydrogen-bond donors (Lipinski definition) is 3. The number of para-hydroxylation sites is 1. The fourth-order valence-corrected chi connectivity index (χ4v) is 4.45. The summed E-state index contributed by atoms with van der Waals surface area (Å²) >= 11 is 0. The molecule has 0 atom stereocenters. The summed E-state index contributed by atoms with van der Waals surface area (Å²) in [5.74, 6) is 0.148. The summed E-state index contributed by atoms with van der Waals surface area (Å²) in [6, 6.07) is 18.1. The number of aromatic amines is 1. The van der Waals surface area contributed by atoms with Crippen LogP contribution in [0.1, 0.15) is 0 Å². The number of H-pyrrole nitrogens is 1. The minimum atomic E-state index is -4.83. The zero-order chi connectivity index (χ0) is 24.7. The second-order valence-corrected chi connectivity index (χ2v) is 9.06. The molecule has 0 bridgehead atoms. The smallest absolute Gasteiger partial charge is 0.871 e. The second kappa shape index (κ2) is 9.88. The van der Waals surface area contributed by atoms with Gasteiger partial charge in [0.25, 0.3) is 10.1 Å². The van der Waals surface area contributed by atoms with Gasteiger partial charge in [-0.1, -0.05) is 36.1 Å². The number of ether oxygens (including phenoxy) is 1. The number of azo groups is 1. The molecule has 36 heavy (non-hydrogen) atoms. The molecule has 1 aromatic heterocycles. The summed E-state index contributed by atoms with van der Waals surface area (Å²) in [5, 5.41) is 21.6. The second-order valence-electron chi connectivity index (χ2n) is 7.67. The van der Waals surface area contributed by atoms with E-state index in [1.54, 1.807) is 48.5 Å². The number of anilines is 1. The predicted octanol–water partition coefficient (Wildman–Crippen LogP) is 1.71. The molecule has 0 saturated heterocycles. The Morgan fingerprint density at radius 2 is 1.81 bits per heavy atom. The van der Waals surface area contributed by atoms with Crippen molar-refractivity contribution < 1.29 is 52.4 Å². The third-order valence-corrected chi connectivity index (χ3v) is 6.31. The summed E-state index contributed by atoms with van der Waals surface area (Å²) in [4.78, 5) is 7.04. The number of nitrogen functional groups attached to an aromatic ring is 1. The summed E-state index contributed by atoms with van der Waals surface area (Å²) in [7, 11) is -3.38. The SMILES string of the molecule is COc1ccccc1N=Nc1c(S(=O)(=O)O)cc2c(ccc3[nH]c(-c4cccc(N)c4)nc32)c1[O-].[Na+]. The minimum absolute atomic E-state index is 0. The maximum atomic E-state index is 13.3. The van der Waals surface area contributed by atoms with E-state index in [4.69, 9.17) is 10.5 Å². The number of fused-ring (bicyclic) bond motifs is 3. The number of nitrogens with one attached hydrogen (secondary N) is 1. The van der Waals surface area contributed by atoms with E-state index in [0.29, 0.717) is 33.9 Å². The number of rotatable bonds is 5. The first-order valence-electron chi connectivity index (χ1n) is 10.3.